The number of carbonyl (C=O) groups excluding carboxylic acids is 1. The number of hydrogen-bond donors (Lipinski definition) is 2. The van der Waals surface area contributed by atoms with Gasteiger partial charge in [0.05, 0.1) is 0 Å². The Labute approximate surface area is 135 Å². The summed E-state index contributed by atoms with van der Waals surface area (Å²) in [4.78, 5) is 12.7. The van der Waals surface area contributed by atoms with Crippen molar-refractivity contribution < 1.29 is 9.00 Å². The Morgan fingerprint density at radius 2 is 1.91 bits per heavy atom. The smallest absolute Gasteiger partial charge is 0.221 e. The SMILES string of the molecule is C[C@@H](NCCC(=O)NC1CCCC1)c1ccc([S@](C)=O)cc1. The van der Waals surface area contributed by atoms with Gasteiger partial charge < -0.3 is 10.6 Å². The maximum Gasteiger partial charge on any atom is 0.221 e. The average Bonchev–Trinajstić information content (AvgIpc) is 3.00. The molecule has 4 nitrogen and oxygen atoms in total. The molecule has 0 aromatic heterocycles. The molecule has 0 unspecified atom stereocenters. The molecule has 22 heavy (non-hydrogen) atoms. The topological polar surface area (TPSA) is 58.2 Å². The molecular weight excluding hydrogens is 296 g/mol. The fourth-order valence-corrected chi connectivity index (χ4v) is 3.36. The second-order valence-electron chi connectivity index (χ2n) is 6.00. The Balaban J connectivity index is 1.71. The Hall–Kier alpha value is -1.20. The van der Waals surface area contributed by atoms with E-state index in [2.05, 4.69) is 17.6 Å². The molecule has 0 bridgehead atoms. The van der Waals surface area contributed by atoms with Gasteiger partial charge in [-0.15, -0.1) is 0 Å². The van der Waals surface area contributed by atoms with Crippen LogP contribution in [0.3, 0.4) is 0 Å². The van der Waals surface area contributed by atoms with E-state index in [4.69, 9.17) is 0 Å². The van der Waals surface area contributed by atoms with Gasteiger partial charge in [-0.2, -0.15) is 0 Å². The Morgan fingerprint density at radius 1 is 1.27 bits per heavy atom. The Morgan fingerprint density at radius 3 is 2.50 bits per heavy atom. The minimum Gasteiger partial charge on any atom is -0.353 e. The van der Waals surface area contributed by atoms with Crippen LogP contribution in [-0.2, 0) is 15.6 Å². The van der Waals surface area contributed by atoms with Gasteiger partial charge in [0.25, 0.3) is 0 Å². The monoisotopic (exact) mass is 322 g/mol. The standard InChI is InChI=1S/C17H26N2O2S/c1-13(14-7-9-16(10-8-14)22(2)21)18-12-11-17(20)19-15-5-3-4-6-15/h7-10,13,15,18H,3-6,11-12H2,1-2H3,(H,19,20)/t13-,22+/m1/s1. The summed E-state index contributed by atoms with van der Waals surface area (Å²) in [7, 11) is -0.938. The van der Waals surface area contributed by atoms with Crippen LogP contribution in [0.25, 0.3) is 0 Å². The summed E-state index contributed by atoms with van der Waals surface area (Å²) in [6.45, 7) is 2.74. The highest BCUT2D eigenvalue weighted by Gasteiger charge is 2.16. The molecule has 0 aliphatic heterocycles. The van der Waals surface area contributed by atoms with Crippen molar-refractivity contribution in [1.29, 1.82) is 0 Å². The zero-order valence-corrected chi connectivity index (χ0v) is 14.2. The van der Waals surface area contributed by atoms with Gasteiger partial charge in [-0.05, 0) is 37.5 Å². The van der Waals surface area contributed by atoms with Crippen molar-refractivity contribution in [3.8, 4) is 0 Å². The van der Waals surface area contributed by atoms with Crippen molar-refractivity contribution in [3.05, 3.63) is 29.8 Å². The summed E-state index contributed by atoms with van der Waals surface area (Å²) >= 11 is 0. The Bertz CT molecular complexity index is 510. The van der Waals surface area contributed by atoms with Crippen molar-refractivity contribution in [2.75, 3.05) is 12.8 Å². The number of amides is 1. The lowest BCUT2D eigenvalue weighted by molar-refractivity contribution is -0.121. The van der Waals surface area contributed by atoms with Crippen LogP contribution in [0.1, 0.15) is 50.6 Å². The van der Waals surface area contributed by atoms with Gasteiger partial charge in [0.1, 0.15) is 0 Å². The van der Waals surface area contributed by atoms with E-state index in [0.717, 1.165) is 23.3 Å². The average molecular weight is 322 g/mol. The number of carbonyl (C=O) groups is 1. The molecule has 1 amide bonds. The van der Waals surface area contributed by atoms with Gasteiger partial charge in [-0.1, -0.05) is 25.0 Å². The number of nitrogens with one attached hydrogen (secondary N) is 2. The van der Waals surface area contributed by atoms with E-state index in [0.29, 0.717) is 19.0 Å². The van der Waals surface area contributed by atoms with Crippen LogP contribution in [0.4, 0.5) is 0 Å². The highest BCUT2D eigenvalue weighted by atomic mass is 32.2. The zero-order valence-electron chi connectivity index (χ0n) is 13.4. The minimum absolute atomic E-state index is 0.142. The molecule has 1 saturated carbocycles. The van der Waals surface area contributed by atoms with E-state index in [1.807, 2.05) is 24.3 Å². The molecule has 1 aromatic rings. The molecule has 0 heterocycles. The summed E-state index contributed by atoms with van der Waals surface area (Å²) in [5.41, 5.74) is 1.14. The van der Waals surface area contributed by atoms with E-state index < -0.39 is 10.8 Å². The first-order chi connectivity index (χ1) is 10.6. The molecule has 1 fully saturated rings. The van der Waals surface area contributed by atoms with Crippen LogP contribution >= 0.6 is 0 Å². The van der Waals surface area contributed by atoms with Gasteiger partial charge in [0.15, 0.2) is 0 Å². The van der Waals surface area contributed by atoms with E-state index >= 15 is 0 Å². The number of benzene rings is 1. The molecule has 0 saturated heterocycles. The first kappa shape index (κ1) is 17.2. The van der Waals surface area contributed by atoms with Gasteiger partial charge in [-0.3, -0.25) is 9.00 Å². The number of rotatable bonds is 7. The second kappa shape index (κ2) is 8.44. The largest absolute Gasteiger partial charge is 0.353 e. The van der Waals surface area contributed by atoms with Crippen molar-refractivity contribution in [1.82, 2.24) is 10.6 Å². The summed E-state index contributed by atoms with van der Waals surface area (Å²) in [5, 5.41) is 6.47. The molecule has 0 radical (unpaired) electrons. The predicted molar refractivity (Wildman–Crippen MR) is 90.2 cm³/mol. The third kappa shape index (κ3) is 5.21. The molecule has 1 aromatic carbocycles. The zero-order chi connectivity index (χ0) is 15.9. The van der Waals surface area contributed by atoms with Crippen LogP contribution in [0.5, 0.6) is 0 Å². The maximum absolute atomic E-state index is 11.9. The molecule has 2 N–H and O–H groups in total. The van der Waals surface area contributed by atoms with Crippen molar-refractivity contribution in [3.63, 3.8) is 0 Å². The highest BCUT2D eigenvalue weighted by molar-refractivity contribution is 7.84. The summed E-state index contributed by atoms with van der Waals surface area (Å²) in [6, 6.07) is 8.36. The molecule has 5 heteroatoms. The van der Waals surface area contributed by atoms with E-state index in [9.17, 15) is 9.00 Å². The molecule has 122 valence electrons. The van der Waals surface area contributed by atoms with Crippen LogP contribution in [0, 0.1) is 0 Å². The number of hydrogen-bond acceptors (Lipinski definition) is 3. The predicted octanol–water partition coefficient (Wildman–Crippen LogP) is 2.52. The lowest BCUT2D eigenvalue weighted by Crippen LogP contribution is -2.34. The van der Waals surface area contributed by atoms with Gasteiger partial charge in [0.2, 0.25) is 5.91 Å². The van der Waals surface area contributed by atoms with Crippen LogP contribution in [0.2, 0.25) is 0 Å². The lowest BCUT2D eigenvalue weighted by atomic mass is 10.1. The van der Waals surface area contributed by atoms with Crippen molar-refractivity contribution in [2.45, 2.75) is 56.0 Å². The first-order valence-corrected chi connectivity index (χ1v) is 9.58. The summed E-state index contributed by atoms with van der Waals surface area (Å²) < 4.78 is 11.4. The van der Waals surface area contributed by atoms with Crippen molar-refractivity contribution in [2.24, 2.45) is 0 Å². The normalized spacial score (nSPS) is 18.1. The highest BCUT2D eigenvalue weighted by Crippen LogP contribution is 2.18. The third-order valence-corrected chi connectivity index (χ3v) is 5.17. The molecule has 2 rings (SSSR count). The summed E-state index contributed by atoms with van der Waals surface area (Å²) in [6.07, 6.45) is 6.91. The molecule has 2 atom stereocenters. The minimum atomic E-state index is -0.938. The van der Waals surface area contributed by atoms with Crippen LogP contribution < -0.4 is 10.6 Å². The quantitative estimate of drug-likeness (QED) is 0.811. The summed E-state index contributed by atoms with van der Waals surface area (Å²) in [5.74, 6) is 0.142. The van der Waals surface area contributed by atoms with Gasteiger partial charge in [-0.25, -0.2) is 0 Å². The van der Waals surface area contributed by atoms with Crippen molar-refractivity contribution >= 4 is 16.7 Å². The third-order valence-electron chi connectivity index (χ3n) is 4.23. The fourth-order valence-electron chi connectivity index (χ4n) is 2.84. The van der Waals surface area contributed by atoms with Crippen LogP contribution in [-0.4, -0.2) is 29.0 Å². The molecular formula is C17H26N2O2S. The molecule has 0 spiro atoms. The maximum atomic E-state index is 11.9. The Kier molecular flexibility index (Phi) is 6.58. The fraction of sp³-hybridized carbons (Fsp3) is 0.588. The van der Waals surface area contributed by atoms with Crippen LogP contribution in [0.15, 0.2) is 29.2 Å². The van der Waals surface area contributed by atoms with E-state index in [-0.39, 0.29) is 11.9 Å². The lowest BCUT2D eigenvalue weighted by Gasteiger charge is -2.16. The molecule has 1 aliphatic carbocycles. The van der Waals surface area contributed by atoms with E-state index in [1.54, 1.807) is 6.26 Å². The second-order valence-corrected chi connectivity index (χ2v) is 7.38. The van der Waals surface area contributed by atoms with E-state index in [1.165, 1.54) is 12.8 Å². The van der Waals surface area contributed by atoms with Gasteiger partial charge in [0, 0.05) is 47.0 Å². The van der Waals surface area contributed by atoms with Gasteiger partial charge >= 0.3 is 0 Å². The molecule has 1 aliphatic rings. The first-order valence-electron chi connectivity index (χ1n) is 8.02.